The van der Waals surface area contributed by atoms with Crippen molar-refractivity contribution in [3.05, 3.63) is 0 Å². The number of aliphatic hydroxyl groups is 1. The fourth-order valence-corrected chi connectivity index (χ4v) is 3.64. The third-order valence-electron chi connectivity index (χ3n) is 4.60. The van der Waals surface area contributed by atoms with Crippen molar-refractivity contribution in [3.63, 3.8) is 0 Å². The van der Waals surface area contributed by atoms with Crippen LogP contribution in [0, 0.1) is 5.92 Å². The molecule has 2 N–H and O–H groups in total. The minimum Gasteiger partial charge on any atom is -0.392 e. The second-order valence-corrected chi connectivity index (χ2v) is 6.96. The molecule has 0 amide bonds. The first-order chi connectivity index (χ1) is 9.10. The molecule has 0 aromatic carbocycles. The van der Waals surface area contributed by atoms with Gasteiger partial charge >= 0.3 is 0 Å². The van der Waals surface area contributed by atoms with Crippen molar-refractivity contribution in [2.75, 3.05) is 13.1 Å². The van der Waals surface area contributed by atoms with Crippen LogP contribution in [-0.4, -0.2) is 36.0 Å². The van der Waals surface area contributed by atoms with E-state index in [1.165, 1.54) is 44.9 Å². The molecule has 112 valence electrons. The van der Waals surface area contributed by atoms with E-state index in [4.69, 9.17) is 4.74 Å². The van der Waals surface area contributed by atoms with E-state index in [2.05, 4.69) is 19.2 Å². The van der Waals surface area contributed by atoms with Gasteiger partial charge < -0.3 is 15.2 Å². The molecule has 1 aliphatic heterocycles. The van der Waals surface area contributed by atoms with Crippen LogP contribution < -0.4 is 5.32 Å². The highest BCUT2D eigenvalue weighted by Crippen LogP contribution is 2.41. The van der Waals surface area contributed by atoms with E-state index in [0.717, 1.165) is 13.0 Å². The predicted molar refractivity (Wildman–Crippen MR) is 78.3 cm³/mol. The highest BCUT2D eigenvalue weighted by atomic mass is 16.5. The summed E-state index contributed by atoms with van der Waals surface area (Å²) >= 11 is 0. The Morgan fingerprint density at radius 2 is 1.95 bits per heavy atom. The van der Waals surface area contributed by atoms with Crippen molar-refractivity contribution in [1.82, 2.24) is 5.32 Å². The molecule has 1 saturated carbocycles. The smallest absolute Gasteiger partial charge is 0.0708 e. The van der Waals surface area contributed by atoms with Gasteiger partial charge in [0.05, 0.1) is 17.8 Å². The molecule has 1 heterocycles. The van der Waals surface area contributed by atoms with E-state index in [-0.39, 0.29) is 11.7 Å². The van der Waals surface area contributed by atoms with Gasteiger partial charge in [-0.15, -0.1) is 0 Å². The van der Waals surface area contributed by atoms with Crippen LogP contribution in [0.4, 0.5) is 0 Å². The zero-order chi connectivity index (χ0) is 13.7. The summed E-state index contributed by atoms with van der Waals surface area (Å²) in [7, 11) is 0. The first kappa shape index (κ1) is 15.3. The number of ether oxygens (including phenoxy) is 1. The SMILES string of the molecule is CC(C)CC(O)CNCC1CCC2(CCCCC2)O1. The Hall–Kier alpha value is -0.120. The number of rotatable bonds is 6. The van der Waals surface area contributed by atoms with Crippen LogP contribution in [0.25, 0.3) is 0 Å². The minimum atomic E-state index is -0.218. The second-order valence-electron chi connectivity index (χ2n) is 6.96. The minimum absolute atomic E-state index is 0.218. The molecular weight excluding hydrogens is 238 g/mol. The molecule has 0 aromatic heterocycles. The molecule has 0 aromatic rings. The Balaban J connectivity index is 1.62. The van der Waals surface area contributed by atoms with Crippen molar-refractivity contribution < 1.29 is 9.84 Å². The van der Waals surface area contributed by atoms with Crippen LogP contribution in [0.15, 0.2) is 0 Å². The Kier molecular flexibility index (Phi) is 5.67. The van der Waals surface area contributed by atoms with Gasteiger partial charge in [-0.25, -0.2) is 0 Å². The highest BCUT2D eigenvalue weighted by Gasteiger charge is 2.40. The Labute approximate surface area is 118 Å². The molecule has 2 rings (SSSR count). The standard InChI is InChI=1S/C16H31NO2/c1-13(2)10-14(18)11-17-12-15-6-9-16(19-15)7-4-3-5-8-16/h13-15,17-18H,3-12H2,1-2H3. The molecule has 1 saturated heterocycles. The summed E-state index contributed by atoms with van der Waals surface area (Å²) in [6, 6.07) is 0. The zero-order valence-corrected chi connectivity index (χ0v) is 12.7. The monoisotopic (exact) mass is 269 g/mol. The lowest BCUT2D eigenvalue weighted by Crippen LogP contribution is -2.37. The number of hydrogen-bond acceptors (Lipinski definition) is 3. The van der Waals surface area contributed by atoms with Crippen LogP contribution in [0.3, 0.4) is 0 Å². The molecule has 2 aliphatic rings. The quantitative estimate of drug-likeness (QED) is 0.779. The maximum atomic E-state index is 9.83. The van der Waals surface area contributed by atoms with Gasteiger partial charge in [-0.1, -0.05) is 33.1 Å². The van der Waals surface area contributed by atoms with Gasteiger partial charge in [0.2, 0.25) is 0 Å². The highest BCUT2D eigenvalue weighted by molar-refractivity contribution is 4.91. The van der Waals surface area contributed by atoms with Gasteiger partial charge in [0.1, 0.15) is 0 Å². The average Bonchev–Trinajstić information content (AvgIpc) is 2.72. The Bertz CT molecular complexity index is 261. The molecule has 3 heteroatoms. The molecule has 2 fully saturated rings. The van der Waals surface area contributed by atoms with E-state index in [1.54, 1.807) is 0 Å². The van der Waals surface area contributed by atoms with Crippen LogP contribution in [-0.2, 0) is 4.74 Å². The van der Waals surface area contributed by atoms with E-state index in [9.17, 15) is 5.11 Å². The molecule has 1 spiro atoms. The first-order valence-corrected chi connectivity index (χ1v) is 8.16. The van der Waals surface area contributed by atoms with Crippen LogP contribution >= 0.6 is 0 Å². The van der Waals surface area contributed by atoms with Gasteiger partial charge in [-0.2, -0.15) is 0 Å². The molecule has 2 unspecified atom stereocenters. The molecule has 0 radical (unpaired) electrons. The third-order valence-corrected chi connectivity index (χ3v) is 4.60. The van der Waals surface area contributed by atoms with E-state index >= 15 is 0 Å². The second kappa shape index (κ2) is 7.05. The van der Waals surface area contributed by atoms with E-state index < -0.39 is 0 Å². The summed E-state index contributed by atoms with van der Waals surface area (Å²) in [5.41, 5.74) is 0.223. The lowest BCUT2D eigenvalue weighted by Gasteiger charge is -2.33. The fraction of sp³-hybridized carbons (Fsp3) is 1.00. The fourth-order valence-electron chi connectivity index (χ4n) is 3.64. The van der Waals surface area contributed by atoms with Gasteiger partial charge in [0, 0.05) is 13.1 Å². The van der Waals surface area contributed by atoms with Crippen molar-refractivity contribution in [2.24, 2.45) is 5.92 Å². The van der Waals surface area contributed by atoms with Crippen molar-refractivity contribution >= 4 is 0 Å². The van der Waals surface area contributed by atoms with Crippen LogP contribution in [0.5, 0.6) is 0 Å². The lowest BCUT2D eigenvalue weighted by molar-refractivity contribution is -0.0627. The van der Waals surface area contributed by atoms with Crippen molar-refractivity contribution in [3.8, 4) is 0 Å². The molecule has 3 nitrogen and oxygen atoms in total. The molecule has 2 atom stereocenters. The Morgan fingerprint density at radius 3 is 2.63 bits per heavy atom. The molecule has 1 aliphatic carbocycles. The maximum absolute atomic E-state index is 9.83. The number of nitrogens with one attached hydrogen (secondary N) is 1. The first-order valence-electron chi connectivity index (χ1n) is 8.16. The zero-order valence-electron chi connectivity index (χ0n) is 12.7. The number of aliphatic hydroxyl groups excluding tert-OH is 1. The summed E-state index contributed by atoms with van der Waals surface area (Å²) in [5.74, 6) is 0.560. The molecular formula is C16H31NO2. The topological polar surface area (TPSA) is 41.5 Å². The largest absolute Gasteiger partial charge is 0.392 e. The van der Waals surface area contributed by atoms with Crippen LogP contribution in [0.1, 0.15) is 65.2 Å². The van der Waals surface area contributed by atoms with Crippen molar-refractivity contribution in [2.45, 2.75) is 83.0 Å². The average molecular weight is 269 g/mol. The third kappa shape index (κ3) is 4.73. The van der Waals surface area contributed by atoms with Gasteiger partial charge in [0.25, 0.3) is 0 Å². The Morgan fingerprint density at radius 1 is 1.21 bits per heavy atom. The predicted octanol–water partition coefficient (Wildman–Crippen LogP) is 2.86. The summed E-state index contributed by atoms with van der Waals surface area (Å²) in [6.45, 7) is 5.90. The normalized spacial score (nSPS) is 28.1. The summed E-state index contributed by atoms with van der Waals surface area (Å²) in [6.07, 6.45) is 10.0. The summed E-state index contributed by atoms with van der Waals surface area (Å²) in [5, 5.41) is 13.2. The van der Waals surface area contributed by atoms with Crippen LogP contribution in [0.2, 0.25) is 0 Å². The summed E-state index contributed by atoms with van der Waals surface area (Å²) < 4.78 is 6.31. The summed E-state index contributed by atoms with van der Waals surface area (Å²) in [4.78, 5) is 0. The van der Waals surface area contributed by atoms with Crippen molar-refractivity contribution in [1.29, 1.82) is 0 Å². The lowest BCUT2D eigenvalue weighted by atomic mass is 9.83. The number of hydrogen-bond donors (Lipinski definition) is 2. The maximum Gasteiger partial charge on any atom is 0.0708 e. The van der Waals surface area contributed by atoms with Gasteiger partial charge in [-0.3, -0.25) is 0 Å². The van der Waals surface area contributed by atoms with E-state index in [1.807, 2.05) is 0 Å². The molecule has 19 heavy (non-hydrogen) atoms. The molecule has 0 bridgehead atoms. The van der Waals surface area contributed by atoms with E-state index in [0.29, 0.717) is 18.6 Å². The van der Waals surface area contributed by atoms with Gasteiger partial charge in [0.15, 0.2) is 0 Å². The van der Waals surface area contributed by atoms with Gasteiger partial charge in [-0.05, 0) is 38.0 Å².